The van der Waals surface area contributed by atoms with Gasteiger partial charge in [0.15, 0.2) is 5.82 Å². The summed E-state index contributed by atoms with van der Waals surface area (Å²) >= 11 is 0. The second-order valence-corrected chi connectivity index (χ2v) is 8.55. The number of fused-ring (bicyclic) bond motifs is 2. The first kappa shape index (κ1) is 20.7. The third kappa shape index (κ3) is 3.86. The summed E-state index contributed by atoms with van der Waals surface area (Å²) in [6.07, 6.45) is 0. The quantitative estimate of drug-likeness (QED) is 0.381. The van der Waals surface area contributed by atoms with Crippen LogP contribution in [0.25, 0.3) is 33.5 Å². The van der Waals surface area contributed by atoms with Crippen molar-refractivity contribution in [1.82, 2.24) is 25.1 Å². The Hall–Kier alpha value is -3.91. The normalized spacial score (nSPS) is 14.8. The van der Waals surface area contributed by atoms with Gasteiger partial charge in [0.05, 0.1) is 16.6 Å². The maximum Gasteiger partial charge on any atom is 0.159 e. The lowest BCUT2D eigenvalue weighted by Gasteiger charge is -2.35. The predicted molar refractivity (Wildman–Crippen MR) is 132 cm³/mol. The van der Waals surface area contributed by atoms with E-state index in [4.69, 9.17) is 9.72 Å². The van der Waals surface area contributed by atoms with Crippen molar-refractivity contribution < 1.29 is 9.13 Å². The average molecular weight is 457 g/mol. The number of nitrogens with one attached hydrogen (secondary N) is 2. The molecule has 2 N–H and O–H groups in total. The Bertz CT molecular complexity index is 1470. The highest BCUT2D eigenvalue weighted by molar-refractivity contribution is 5.94. The zero-order chi connectivity index (χ0) is 23.1. The molecule has 6 rings (SSSR count). The second-order valence-electron chi connectivity index (χ2n) is 8.55. The number of halogens is 1. The van der Waals surface area contributed by atoms with Gasteiger partial charge in [0.25, 0.3) is 0 Å². The molecule has 5 aromatic rings. The number of aromatic nitrogens is 4. The van der Waals surface area contributed by atoms with Crippen molar-refractivity contribution in [2.75, 3.05) is 37.6 Å². The Morgan fingerprint density at radius 3 is 2.62 bits per heavy atom. The van der Waals surface area contributed by atoms with Gasteiger partial charge in [-0.15, -0.1) is 0 Å². The van der Waals surface area contributed by atoms with Gasteiger partial charge in [0, 0.05) is 43.3 Å². The van der Waals surface area contributed by atoms with E-state index in [1.165, 1.54) is 17.8 Å². The van der Waals surface area contributed by atoms with Crippen LogP contribution in [0.1, 0.15) is 6.92 Å². The fraction of sp³-hybridized carbons (Fsp3) is 0.231. The maximum absolute atomic E-state index is 13.5. The molecule has 0 amide bonds. The van der Waals surface area contributed by atoms with Crippen molar-refractivity contribution in [2.45, 2.75) is 6.92 Å². The number of ether oxygens (including phenoxy) is 1. The van der Waals surface area contributed by atoms with Gasteiger partial charge >= 0.3 is 0 Å². The zero-order valence-electron chi connectivity index (χ0n) is 18.9. The van der Waals surface area contributed by atoms with E-state index in [-0.39, 0.29) is 5.82 Å². The van der Waals surface area contributed by atoms with Gasteiger partial charge in [-0.1, -0.05) is 13.0 Å². The summed E-state index contributed by atoms with van der Waals surface area (Å²) in [4.78, 5) is 13.1. The monoisotopic (exact) mass is 456 g/mol. The molecule has 1 aliphatic rings. The molecule has 1 fully saturated rings. The number of hydrogen-bond donors (Lipinski definition) is 2. The minimum absolute atomic E-state index is 0.337. The smallest absolute Gasteiger partial charge is 0.159 e. The van der Waals surface area contributed by atoms with Crippen LogP contribution in [0.4, 0.5) is 10.1 Å². The highest BCUT2D eigenvalue weighted by atomic mass is 19.1. The number of benzene rings is 3. The average Bonchev–Trinajstić information content (AvgIpc) is 3.47. The molecule has 0 aliphatic carbocycles. The van der Waals surface area contributed by atoms with E-state index in [1.807, 2.05) is 18.2 Å². The van der Waals surface area contributed by atoms with Gasteiger partial charge in [-0.2, -0.15) is 5.10 Å². The van der Waals surface area contributed by atoms with Crippen LogP contribution < -0.4 is 9.64 Å². The molecule has 0 unspecified atom stereocenters. The number of rotatable bonds is 5. The molecular formula is C26H25FN6O. The summed E-state index contributed by atoms with van der Waals surface area (Å²) in [5, 5.41) is 8.45. The molecule has 1 saturated heterocycles. The number of H-pyrrole nitrogens is 2. The Morgan fingerprint density at radius 2 is 1.79 bits per heavy atom. The third-order valence-corrected chi connectivity index (χ3v) is 6.44. The summed E-state index contributed by atoms with van der Waals surface area (Å²) in [5.74, 6) is 1.40. The first-order chi connectivity index (χ1) is 16.7. The van der Waals surface area contributed by atoms with Crippen LogP contribution in [0.5, 0.6) is 11.5 Å². The van der Waals surface area contributed by atoms with Crippen molar-refractivity contribution in [3.05, 3.63) is 66.5 Å². The SMILES string of the molecule is CCN1CCN(c2ccc3nc(-c4n[nH]c5ccc(Oc6cccc(F)c6)cc45)[nH]c3c2)CC1. The number of anilines is 1. The molecule has 3 heterocycles. The highest BCUT2D eigenvalue weighted by Crippen LogP contribution is 2.32. The first-order valence-electron chi connectivity index (χ1n) is 11.6. The molecular weight excluding hydrogens is 431 g/mol. The van der Waals surface area contributed by atoms with Crippen LogP contribution >= 0.6 is 0 Å². The van der Waals surface area contributed by atoms with Crippen molar-refractivity contribution >= 4 is 27.6 Å². The fourth-order valence-electron chi connectivity index (χ4n) is 4.53. The van der Waals surface area contributed by atoms with E-state index < -0.39 is 0 Å². The van der Waals surface area contributed by atoms with Crippen molar-refractivity contribution in [3.8, 4) is 23.0 Å². The molecule has 0 spiro atoms. The lowest BCUT2D eigenvalue weighted by atomic mass is 10.2. The Kier molecular flexibility index (Phi) is 5.15. The number of aromatic amines is 2. The summed E-state index contributed by atoms with van der Waals surface area (Å²) in [5.41, 5.74) is 4.67. The fourth-order valence-corrected chi connectivity index (χ4v) is 4.53. The largest absolute Gasteiger partial charge is 0.457 e. The van der Waals surface area contributed by atoms with Gasteiger partial charge in [-0.25, -0.2) is 9.37 Å². The molecule has 172 valence electrons. The van der Waals surface area contributed by atoms with Gasteiger partial charge in [-0.05, 0) is 55.1 Å². The molecule has 0 atom stereocenters. The Morgan fingerprint density at radius 1 is 0.941 bits per heavy atom. The number of likely N-dealkylation sites (N-methyl/N-ethyl adjacent to an activating group) is 1. The molecule has 7 nitrogen and oxygen atoms in total. The molecule has 1 aliphatic heterocycles. The molecule has 0 saturated carbocycles. The van der Waals surface area contributed by atoms with E-state index in [1.54, 1.807) is 12.1 Å². The van der Waals surface area contributed by atoms with E-state index in [0.29, 0.717) is 23.0 Å². The third-order valence-electron chi connectivity index (χ3n) is 6.44. The minimum atomic E-state index is -0.337. The van der Waals surface area contributed by atoms with E-state index in [2.05, 4.69) is 50.1 Å². The standard InChI is InChI=1S/C26H25FN6O/c1-2-32-10-12-33(13-11-32)18-6-8-23-24(15-18)29-26(28-23)25-21-16-20(7-9-22(21)30-31-25)34-19-5-3-4-17(27)14-19/h3-9,14-16H,2,10-13H2,1H3,(H,28,29)(H,30,31). The summed E-state index contributed by atoms with van der Waals surface area (Å²) in [6.45, 7) is 7.54. The van der Waals surface area contributed by atoms with E-state index in [9.17, 15) is 4.39 Å². The van der Waals surface area contributed by atoms with Crippen molar-refractivity contribution in [3.63, 3.8) is 0 Å². The Balaban J connectivity index is 1.30. The van der Waals surface area contributed by atoms with Crippen LogP contribution in [-0.4, -0.2) is 57.8 Å². The minimum Gasteiger partial charge on any atom is -0.457 e. The first-order valence-corrected chi connectivity index (χ1v) is 11.6. The lowest BCUT2D eigenvalue weighted by Crippen LogP contribution is -2.46. The Labute approximate surface area is 196 Å². The maximum atomic E-state index is 13.5. The summed E-state index contributed by atoms with van der Waals surface area (Å²) in [6, 6.07) is 18.1. The summed E-state index contributed by atoms with van der Waals surface area (Å²) < 4.78 is 19.4. The number of hydrogen-bond acceptors (Lipinski definition) is 5. The molecule has 34 heavy (non-hydrogen) atoms. The summed E-state index contributed by atoms with van der Waals surface area (Å²) in [7, 11) is 0. The topological polar surface area (TPSA) is 73.1 Å². The molecule has 2 aromatic heterocycles. The number of imidazole rings is 1. The zero-order valence-corrected chi connectivity index (χ0v) is 18.9. The van der Waals surface area contributed by atoms with Crippen LogP contribution in [0, 0.1) is 5.82 Å². The van der Waals surface area contributed by atoms with Crippen LogP contribution in [0.2, 0.25) is 0 Å². The lowest BCUT2D eigenvalue weighted by molar-refractivity contribution is 0.271. The molecule has 3 aromatic carbocycles. The van der Waals surface area contributed by atoms with Crippen LogP contribution in [0.3, 0.4) is 0 Å². The van der Waals surface area contributed by atoms with E-state index >= 15 is 0 Å². The van der Waals surface area contributed by atoms with Gasteiger partial charge in [-0.3, -0.25) is 5.10 Å². The predicted octanol–water partition coefficient (Wildman–Crippen LogP) is 5.18. The van der Waals surface area contributed by atoms with Gasteiger partial charge < -0.3 is 19.5 Å². The second kappa shape index (κ2) is 8.46. The van der Waals surface area contributed by atoms with Crippen LogP contribution in [-0.2, 0) is 0 Å². The van der Waals surface area contributed by atoms with Crippen LogP contribution in [0.15, 0.2) is 60.7 Å². The highest BCUT2D eigenvalue weighted by Gasteiger charge is 2.18. The molecule has 0 radical (unpaired) electrons. The molecule has 8 heteroatoms. The van der Waals surface area contributed by atoms with E-state index in [0.717, 1.165) is 54.7 Å². The molecule has 0 bridgehead atoms. The number of nitrogens with zero attached hydrogens (tertiary/aromatic N) is 4. The number of piperazine rings is 1. The van der Waals surface area contributed by atoms with Gasteiger partial charge in [0.2, 0.25) is 0 Å². The van der Waals surface area contributed by atoms with Crippen molar-refractivity contribution in [2.24, 2.45) is 0 Å². The van der Waals surface area contributed by atoms with Crippen molar-refractivity contribution in [1.29, 1.82) is 0 Å². The van der Waals surface area contributed by atoms with Gasteiger partial charge in [0.1, 0.15) is 23.0 Å².